The number of benzene rings is 1. The zero-order valence-electron chi connectivity index (χ0n) is 15.1. The molecule has 0 aliphatic heterocycles. The van der Waals surface area contributed by atoms with Crippen molar-refractivity contribution in [3.05, 3.63) is 57.3 Å². The third-order valence-corrected chi connectivity index (χ3v) is 5.20. The fraction of sp³-hybridized carbons (Fsp3) is 0.300. The van der Waals surface area contributed by atoms with Gasteiger partial charge in [-0.1, -0.05) is 19.9 Å². The lowest BCUT2D eigenvalue weighted by Crippen LogP contribution is -2.28. The summed E-state index contributed by atoms with van der Waals surface area (Å²) in [5, 5.41) is 3.31. The largest absolute Gasteiger partial charge is 0.465 e. The molecule has 0 spiro atoms. The number of rotatable bonds is 5. The summed E-state index contributed by atoms with van der Waals surface area (Å²) in [5.41, 5.74) is 8.12. The van der Waals surface area contributed by atoms with E-state index in [4.69, 9.17) is 10.5 Å². The fourth-order valence-electron chi connectivity index (χ4n) is 3.21. The molecule has 0 atom stereocenters. The number of fused-ring (bicyclic) bond motifs is 1. The highest BCUT2D eigenvalue weighted by Gasteiger charge is 2.20. The Morgan fingerprint density at radius 2 is 2.04 bits per heavy atom. The van der Waals surface area contributed by atoms with Gasteiger partial charge in [0.25, 0.3) is 5.56 Å². The summed E-state index contributed by atoms with van der Waals surface area (Å²) < 4.78 is 6.61. The van der Waals surface area contributed by atoms with Gasteiger partial charge < -0.3 is 15.0 Å². The maximum absolute atomic E-state index is 13.1. The van der Waals surface area contributed by atoms with Crippen molar-refractivity contribution in [1.82, 2.24) is 4.57 Å². The number of aromatic nitrogens is 1. The van der Waals surface area contributed by atoms with Crippen molar-refractivity contribution in [2.75, 3.05) is 7.11 Å². The lowest BCUT2D eigenvalue weighted by Gasteiger charge is -2.20. The Bertz CT molecular complexity index is 1000. The number of thiophene rings is 1. The van der Waals surface area contributed by atoms with Crippen LogP contribution in [0.5, 0.6) is 0 Å². The monoisotopic (exact) mass is 370 g/mol. The molecule has 3 aromatic rings. The van der Waals surface area contributed by atoms with E-state index < -0.39 is 5.97 Å². The van der Waals surface area contributed by atoms with Gasteiger partial charge in [-0.15, -0.1) is 11.3 Å². The van der Waals surface area contributed by atoms with Crippen molar-refractivity contribution < 1.29 is 9.53 Å². The van der Waals surface area contributed by atoms with E-state index in [1.165, 1.54) is 7.11 Å². The molecule has 0 aliphatic rings. The molecule has 136 valence electrons. The van der Waals surface area contributed by atoms with Crippen LogP contribution in [0.15, 0.2) is 40.5 Å². The summed E-state index contributed by atoms with van der Waals surface area (Å²) in [5.74, 6) is -0.120. The van der Waals surface area contributed by atoms with Gasteiger partial charge in [0.05, 0.1) is 12.7 Å². The number of esters is 1. The van der Waals surface area contributed by atoms with Gasteiger partial charge in [-0.2, -0.15) is 0 Å². The van der Waals surface area contributed by atoms with Gasteiger partial charge in [-0.05, 0) is 40.9 Å². The number of hydrogen-bond acceptors (Lipinski definition) is 5. The van der Waals surface area contributed by atoms with Crippen LogP contribution in [0.1, 0.15) is 29.9 Å². The molecule has 0 aliphatic carbocycles. The number of methoxy groups -OCH3 is 1. The number of hydrogen-bond donors (Lipinski definition) is 1. The summed E-state index contributed by atoms with van der Waals surface area (Å²) >= 11 is 1.59. The van der Waals surface area contributed by atoms with Gasteiger partial charge in [-0.3, -0.25) is 4.79 Å². The van der Waals surface area contributed by atoms with Gasteiger partial charge >= 0.3 is 5.97 Å². The Morgan fingerprint density at radius 1 is 1.27 bits per heavy atom. The average Bonchev–Trinajstić information content (AvgIpc) is 3.16. The van der Waals surface area contributed by atoms with E-state index in [0.717, 1.165) is 21.5 Å². The van der Waals surface area contributed by atoms with Crippen LogP contribution in [-0.2, 0) is 17.8 Å². The van der Waals surface area contributed by atoms with E-state index >= 15 is 0 Å². The van der Waals surface area contributed by atoms with Crippen LogP contribution in [0.3, 0.4) is 0 Å². The Labute approximate surface area is 156 Å². The van der Waals surface area contributed by atoms with E-state index in [1.54, 1.807) is 34.1 Å². The Balaban J connectivity index is 2.44. The number of ether oxygens (including phenoxy) is 1. The number of nitrogens with zero attached hydrogens (tertiary/aromatic N) is 1. The first-order valence-electron chi connectivity index (χ1n) is 8.49. The second kappa shape index (κ2) is 7.43. The smallest absolute Gasteiger partial charge is 0.337 e. The van der Waals surface area contributed by atoms with Gasteiger partial charge in [0, 0.05) is 34.6 Å². The maximum Gasteiger partial charge on any atom is 0.337 e. The van der Waals surface area contributed by atoms with Gasteiger partial charge in [0.1, 0.15) is 0 Å². The molecule has 2 aromatic heterocycles. The highest BCUT2D eigenvalue weighted by atomic mass is 32.1. The molecule has 2 heterocycles. The topological polar surface area (TPSA) is 74.3 Å². The van der Waals surface area contributed by atoms with Crippen LogP contribution < -0.4 is 11.3 Å². The zero-order chi connectivity index (χ0) is 18.8. The number of carbonyl (C=O) groups is 1. The normalized spacial score (nSPS) is 11.3. The highest BCUT2D eigenvalue weighted by molar-refractivity contribution is 7.13. The molecule has 0 unspecified atom stereocenters. The Kier molecular flexibility index (Phi) is 5.25. The number of nitrogens with two attached hydrogens (primary N) is 1. The fourth-order valence-corrected chi connectivity index (χ4v) is 4.01. The third kappa shape index (κ3) is 3.18. The molecule has 0 saturated carbocycles. The number of carbonyl (C=O) groups excluding carboxylic acids is 1. The Hall–Kier alpha value is -2.44. The van der Waals surface area contributed by atoms with Crippen molar-refractivity contribution in [2.24, 2.45) is 11.7 Å². The van der Waals surface area contributed by atoms with Gasteiger partial charge in [0.15, 0.2) is 0 Å². The quantitative estimate of drug-likeness (QED) is 0.696. The van der Waals surface area contributed by atoms with Crippen molar-refractivity contribution in [2.45, 2.75) is 26.9 Å². The van der Waals surface area contributed by atoms with E-state index in [1.807, 2.05) is 17.5 Å². The summed E-state index contributed by atoms with van der Waals surface area (Å²) in [6.07, 6.45) is 0. The minimum atomic E-state index is -0.426. The van der Waals surface area contributed by atoms with Crippen molar-refractivity contribution in [3.8, 4) is 10.4 Å². The predicted octanol–water partition coefficient (Wildman–Crippen LogP) is 3.63. The number of pyridine rings is 1. The second-order valence-corrected chi connectivity index (χ2v) is 7.51. The predicted molar refractivity (Wildman–Crippen MR) is 106 cm³/mol. The SMILES string of the molecule is COC(=O)c1ccc2c(=O)n(CC(C)C)c(CN)c(-c3cccs3)c2c1. The van der Waals surface area contributed by atoms with Crippen LogP contribution in [0.2, 0.25) is 0 Å². The Morgan fingerprint density at radius 3 is 2.62 bits per heavy atom. The second-order valence-electron chi connectivity index (χ2n) is 6.56. The molecular formula is C20H22N2O3S. The zero-order valence-corrected chi connectivity index (χ0v) is 15.9. The molecule has 0 amide bonds. The van der Waals surface area contributed by atoms with Crippen LogP contribution in [0.4, 0.5) is 0 Å². The highest BCUT2D eigenvalue weighted by Crippen LogP contribution is 2.34. The van der Waals surface area contributed by atoms with Crippen LogP contribution in [0.25, 0.3) is 21.2 Å². The lowest BCUT2D eigenvalue weighted by atomic mass is 9.99. The molecule has 0 bridgehead atoms. The molecule has 0 saturated heterocycles. The van der Waals surface area contributed by atoms with Crippen molar-refractivity contribution in [1.29, 1.82) is 0 Å². The first-order chi connectivity index (χ1) is 12.5. The molecule has 0 fully saturated rings. The molecule has 26 heavy (non-hydrogen) atoms. The molecule has 3 rings (SSSR count). The third-order valence-electron chi connectivity index (χ3n) is 4.31. The summed E-state index contributed by atoms with van der Waals surface area (Å²) in [7, 11) is 1.35. The van der Waals surface area contributed by atoms with E-state index in [-0.39, 0.29) is 12.1 Å². The standard InChI is InChI=1S/C20H22N2O3S/c1-12(2)11-22-16(10-21)18(17-5-4-8-26-17)15-9-13(20(24)25-3)6-7-14(15)19(22)23/h4-9,12H,10-11,21H2,1-3H3. The van der Waals surface area contributed by atoms with Crippen molar-refractivity contribution in [3.63, 3.8) is 0 Å². The van der Waals surface area contributed by atoms with E-state index in [0.29, 0.717) is 23.4 Å². The molecule has 1 aromatic carbocycles. The lowest BCUT2D eigenvalue weighted by molar-refractivity contribution is 0.0601. The molecular weight excluding hydrogens is 348 g/mol. The van der Waals surface area contributed by atoms with Gasteiger partial charge in [-0.25, -0.2) is 4.79 Å². The van der Waals surface area contributed by atoms with Crippen LogP contribution >= 0.6 is 11.3 Å². The minimum absolute atomic E-state index is 0.0779. The van der Waals surface area contributed by atoms with E-state index in [9.17, 15) is 9.59 Å². The molecule has 6 heteroatoms. The summed E-state index contributed by atoms with van der Waals surface area (Å²) in [4.78, 5) is 26.1. The maximum atomic E-state index is 13.1. The van der Waals surface area contributed by atoms with Crippen molar-refractivity contribution >= 4 is 28.1 Å². The van der Waals surface area contributed by atoms with Gasteiger partial charge in [0.2, 0.25) is 0 Å². The van der Waals surface area contributed by atoms with E-state index in [2.05, 4.69) is 13.8 Å². The molecule has 5 nitrogen and oxygen atoms in total. The van der Waals surface area contributed by atoms with Crippen LogP contribution in [-0.4, -0.2) is 17.6 Å². The average molecular weight is 370 g/mol. The first kappa shape index (κ1) is 18.4. The summed E-state index contributed by atoms with van der Waals surface area (Å²) in [6.45, 7) is 4.98. The first-order valence-corrected chi connectivity index (χ1v) is 9.37. The van der Waals surface area contributed by atoms with Crippen LogP contribution in [0, 0.1) is 5.92 Å². The minimum Gasteiger partial charge on any atom is -0.465 e. The molecule has 0 radical (unpaired) electrons. The summed E-state index contributed by atoms with van der Waals surface area (Å²) in [6, 6.07) is 9.05. The molecule has 2 N–H and O–H groups in total.